The Hall–Kier alpha value is -3.74. The highest BCUT2D eigenvalue weighted by Gasteiger charge is 2.40. The number of halogens is 3. The highest BCUT2D eigenvalue weighted by Crippen LogP contribution is 2.38. The van der Waals surface area contributed by atoms with Gasteiger partial charge in [0.2, 0.25) is 17.7 Å². The van der Waals surface area contributed by atoms with Crippen LogP contribution in [-0.2, 0) is 33.6 Å². The molecular weight excluding hydrogens is 591 g/mol. The van der Waals surface area contributed by atoms with Gasteiger partial charge in [-0.3, -0.25) is 19.2 Å². The summed E-state index contributed by atoms with van der Waals surface area (Å²) in [6.45, 7) is 5.94. The monoisotopic (exact) mass is 633 g/mol. The summed E-state index contributed by atoms with van der Waals surface area (Å²) in [5, 5.41) is 9.25. The summed E-state index contributed by atoms with van der Waals surface area (Å²) in [4.78, 5) is 56.0. The largest absolute Gasteiger partial charge is 0.364 e. The van der Waals surface area contributed by atoms with Crippen LogP contribution in [0.1, 0.15) is 73.1 Å². The summed E-state index contributed by atoms with van der Waals surface area (Å²) >= 11 is 0. The summed E-state index contributed by atoms with van der Waals surface area (Å²) < 4.78 is 48.2. The standard InChI is InChI=1S/C32H42F3N5O5/c1-4-25-23(19-45-38-25)30(43)37-29(21-8-10-32(34,35)11-9-21)27(41)18-22-7-6-20(16-24(22)33)17-26(36-28(42)5-2)31(44)40-14-12-39(3)13-15-40/h6-7,16,19,21,26,29H,4-5,8-15,17-18H2,1-3H3,(H,36,42)(H,37,43)/t26-,29+/m1/s1. The molecule has 4 rings (SSSR count). The van der Waals surface area contributed by atoms with Gasteiger partial charge in [0.1, 0.15) is 23.7 Å². The third-order valence-corrected chi connectivity index (χ3v) is 8.78. The van der Waals surface area contributed by atoms with Crippen LogP contribution < -0.4 is 10.6 Å². The molecule has 1 saturated heterocycles. The average molecular weight is 634 g/mol. The van der Waals surface area contributed by atoms with Crippen molar-refractivity contribution in [1.29, 1.82) is 0 Å². The third kappa shape index (κ3) is 8.93. The normalized spacial score (nSPS) is 18.7. The van der Waals surface area contributed by atoms with Gasteiger partial charge < -0.3 is 25.0 Å². The smallest absolute Gasteiger partial charge is 0.257 e. The van der Waals surface area contributed by atoms with Crippen molar-refractivity contribution in [1.82, 2.24) is 25.6 Å². The van der Waals surface area contributed by atoms with Crippen molar-refractivity contribution in [2.24, 2.45) is 5.92 Å². The van der Waals surface area contributed by atoms with Crippen molar-refractivity contribution < 1.29 is 36.9 Å². The van der Waals surface area contributed by atoms with Crippen molar-refractivity contribution in [3.8, 4) is 0 Å². The number of alkyl halides is 2. The number of piperazine rings is 1. The van der Waals surface area contributed by atoms with Crippen LogP contribution in [0.15, 0.2) is 29.0 Å². The van der Waals surface area contributed by atoms with E-state index in [0.29, 0.717) is 43.9 Å². The van der Waals surface area contributed by atoms with Gasteiger partial charge in [0.15, 0.2) is 5.78 Å². The van der Waals surface area contributed by atoms with Crippen molar-refractivity contribution >= 4 is 23.5 Å². The molecule has 13 heteroatoms. The number of hydrogen-bond donors (Lipinski definition) is 2. The van der Waals surface area contributed by atoms with E-state index in [2.05, 4.69) is 20.7 Å². The van der Waals surface area contributed by atoms with E-state index in [-0.39, 0.29) is 55.0 Å². The maximum atomic E-state index is 15.4. The Morgan fingerprint density at radius 1 is 1.07 bits per heavy atom. The Labute approximate surface area is 261 Å². The molecule has 0 spiro atoms. The lowest BCUT2D eigenvalue weighted by Gasteiger charge is -2.35. The quantitative estimate of drug-likeness (QED) is 0.368. The minimum Gasteiger partial charge on any atom is -0.364 e. The Bertz CT molecular complexity index is 1360. The molecule has 2 heterocycles. The minimum atomic E-state index is -2.83. The maximum Gasteiger partial charge on any atom is 0.257 e. The van der Waals surface area contributed by atoms with E-state index in [1.165, 1.54) is 18.4 Å². The average Bonchev–Trinajstić information content (AvgIpc) is 3.50. The fraction of sp³-hybridized carbons (Fsp3) is 0.594. The lowest BCUT2D eigenvalue weighted by atomic mass is 9.79. The van der Waals surface area contributed by atoms with Gasteiger partial charge in [-0.15, -0.1) is 0 Å². The van der Waals surface area contributed by atoms with Crippen LogP contribution in [0.25, 0.3) is 0 Å². The lowest BCUT2D eigenvalue weighted by Crippen LogP contribution is -2.54. The zero-order valence-electron chi connectivity index (χ0n) is 26.0. The molecule has 0 unspecified atom stereocenters. The predicted octanol–water partition coefficient (Wildman–Crippen LogP) is 3.32. The highest BCUT2D eigenvalue weighted by molar-refractivity contribution is 5.99. The first-order chi connectivity index (χ1) is 21.4. The molecule has 1 aromatic heterocycles. The van der Waals surface area contributed by atoms with Crippen LogP contribution in [0.5, 0.6) is 0 Å². The molecular formula is C32H42F3N5O5. The summed E-state index contributed by atoms with van der Waals surface area (Å²) in [5.74, 6) is -5.70. The molecule has 2 atom stereocenters. The number of Topliss-reactive ketones (excluding diaryl/α,β-unsaturated/α-hetero) is 1. The number of ketones is 1. The molecule has 45 heavy (non-hydrogen) atoms. The van der Waals surface area contributed by atoms with Gasteiger partial charge in [-0.1, -0.05) is 31.1 Å². The number of aromatic nitrogens is 1. The van der Waals surface area contributed by atoms with E-state index in [9.17, 15) is 28.0 Å². The number of rotatable bonds is 12. The molecule has 1 aliphatic carbocycles. The van der Waals surface area contributed by atoms with E-state index >= 15 is 4.39 Å². The Balaban J connectivity index is 1.49. The number of benzene rings is 1. The van der Waals surface area contributed by atoms with Gasteiger partial charge >= 0.3 is 0 Å². The fourth-order valence-electron chi connectivity index (χ4n) is 5.91. The molecule has 0 bridgehead atoms. The number of likely N-dealkylation sites (N-methyl/N-ethyl adjacent to an activating group) is 1. The number of aryl methyl sites for hydroxylation is 1. The molecule has 1 aliphatic heterocycles. The fourth-order valence-corrected chi connectivity index (χ4v) is 5.91. The summed E-state index contributed by atoms with van der Waals surface area (Å²) in [6, 6.07) is 2.31. The number of nitrogens with one attached hydrogen (secondary N) is 2. The number of carbonyl (C=O) groups excluding carboxylic acids is 4. The first-order valence-electron chi connectivity index (χ1n) is 15.6. The van der Waals surface area contributed by atoms with Gasteiger partial charge in [-0.25, -0.2) is 13.2 Å². The Morgan fingerprint density at radius 3 is 2.38 bits per heavy atom. The molecule has 3 amide bonds. The molecule has 1 saturated carbocycles. The number of hydrogen-bond acceptors (Lipinski definition) is 7. The Kier molecular flexibility index (Phi) is 11.4. The van der Waals surface area contributed by atoms with Crippen LogP contribution in [0, 0.1) is 11.7 Å². The summed E-state index contributed by atoms with van der Waals surface area (Å²) in [6.07, 6.45) is 0.716. The molecule has 10 nitrogen and oxygen atoms in total. The van der Waals surface area contributed by atoms with E-state index in [1.807, 2.05) is 7.05 Å². The van der Waals surface area contributed by atoms with Gasteiger partial charge in [0, 0.05) is 58.3 Å². The predicted molar refractivity (Wildman–Crippen MR) is 159 cm³/mol. The zero-order chi connectivity index (χ0) is 32.7. The van der Waals surface area contributed by atoms with Gasteiger partial charge in [0.25, 0.3) is 5.91 Å². The van der Waals surface area contributed by atoms with Gasteiger partial charge in [-0.2, -0.15) is 0 Å². The van der Waals surface area contributed by atoms with E-state index in [0.717, 1.165) is 0 Å². The van der Waals surface area contributed by atoms with E-state index in [1.54, 1.807) is 24.8 Å². The van der Waals surface area contributed by atoms with Gasteiger partial charge in [-0.05, 0) is 49.4 Å². The summed E-state index contributed by atoms with van der Waals surface area (Å²) in [5.41, 5.74) is 1.09. The van der Waals surface area contributed by atoms with Crippen LogP contribution in [0.4, 0.5) is 13.2 Å². The second-order valence-corrected chi connectivity index (χ2v) is 12.0. The topological polar surface area (TPSA) is 125 Å². The highest BCUT2D eigenvalue weighted by atomic mass is 19.3. The number of nitrogens with zero attached hydrogens (tertiary/aromatic N) is 3. The minimum absolute atomic E-state index is 0.0293. The SMILES string of the molecule is CCC(=O)N[C@H](Cc1ccc(CC(=O)[C@@H](NC(=O)c2conc2CC)C2CCC(F)(F)CC2)c(F)c1)C(=O)N1CCN(C)CC1. The van der Waals surface area contributed by atoms with Gasteiger partial charge in [0.05, 0.1) is 11.7 Å². The molecule has 1 aromatic carbocycles. The van der Waals surface area contributed by atoms with E-state index in [4.69, 9.17) is 4.52 Å². The van der Waals surface area contributed by atoms with Crippen LogP contribution in [0.3, 0.4) is 0 Å². The van der Waals surface area contributed by atoms with Crippen molar-refractivity contribution in [3.63, 3.8) is 0 Å². The molecule has 2 aromatic rings. The first-order valence-corrected chi connectivity index (χ1v) is 15.6. The van der Waals surface area contributed by atoms with Crippen molar-refractivity contribution in [3.05, 3.63) is 52.7 Å². The van der Waals surface area contributed by atoms with Crippen LogP contribution in [0.2, 0.25) is 0 Å². The van der Waals surface area contributed by atoms with Crippen molar-refractivity contribution in [2.45, 2.75) is 83.2 Å². The molecule has 0 radical (unpaired) electrons. The Morgan fingerprint density at radius 2 is 1.76 bits per heavy atom. The second-order valence-electron chi connectivity index (χ2n) is 12.0. The molecule has 2 fully saturated rings. The van der Waals surface area contributed by atoms with Crippen LogP contribution >= 0.6 is 0 Å². The van der Waals surface area contributed by atoms with Crippen molar-refractivity contribution in [2.75, 3.05) is 33.2 Å². The first kappa shape index (κ1) is 34.1. The third-order valence-electron chi connectivity index (χ3n) is 8.78. The van der Waals surface area contributed by atoms with E-state index < -0.39 is 54.3 Å². The molecule has 246 valence electrons. The maximum absolute atomic E-state index is 15.4. The number of carbonyl (C=O) groups is 4. The lowest BCUT2D eigenvalue weighted by molar-refractivity contribution is -0.137. The number of amides is 3. The van der Waals surface area contributed by atoms with Crippen LogP contribution in [-0.4, -0.2) is 89.7 Å². The molecule has 2 N–H and O–H groups in total. The molecule has 2 aliphatic rings. The zero-order valence-corrected chi connectivity index (χ0v) is 26.0. The second kappa shape index (κ2) is 15.0. The summed E-state index contributed by atoms with van der Waals surface area (Å²) in [7, 11) is 1.97.